The minimum Gasteiger partial charge on any atom is -0.578 e. The molecule has 6 nitrogen and oxygen atoms in total. The smallest absolute Gasteiger partial charge is 0.366 e. The fourth-order valence-corrected chi connectivity index (χ4v) is 3.37. The van der Waals surface area contributed by atoms with Crippen LogP contribution in [0.4, 0.5) is 10.1 Å². The van der Waals surface area contributed by atoms with Gasteiger partial charge in [0.05, 0.1) is 11.1 Å². The number of aliphatic imine (C=N–C) groups is 1. The third-order valence-electron chi connectivity index (χ3n) is 4.86. The Morgan fingerprint density at radius 2 is 1.82 bits per heavy atom. The third kappa shape index (κ3) is 4.19. The number of carboxylic acids is 1. The maximum absolute atomic E-state index is 13.8. The first kappa shape index (κ1) is 19.5. The highest BCUT2D eigenvalue weighted by Gasteiger charge is 2.17. The summed E-state index contributed by atoms with van der Waals surface area (Å²) < 4.78 is 13.8. The molecule has 0 atom stereocenters. The Hall–Kier alpha value is -3.22. The summed E-state index contributed by atoms with van der Waals surface area (Å²) in [7, 11) is 0. The molecule has 0 saturated carbocycles. The molecular weight excluding hydrogens is 361 g/mol. The Morgan fingerprint density at radius 1 is 1.14 bits per heavy atom. The van der Waals surface area contributed by atoms with Crippen molar-refractivity contribution in [3.8, 4) is 0 Å². The lowest BCUT2D eigenvalue weighted by molar-refractivity contribution is 0.0692. The van der Waals surface area contributed by atoms with Crippen molar-refractivity contribution < 1.29 is 19.4 Å². The Bertz CT molecular complexity index is 950. The summed E-state index contributed by atoms with van der Waals surface area (Å²) >= 11 is 0. The lowest BCUT2D eigenvalue weighted by Gasteiger charge is -2.30. The highest BCUT2D eigenvalue weighted by Crippen LogP contribution is 2.25. The van der Waals surface area contributed by atoms with Crippen molar-refractivity contribution in [2.24, 2.45) is 4.99 Å². The minimum atomic E-state index is -1.37. The van der Waals surface area contributed by atoms with Gasteiger partial charge in [0.25, 0.3) is 0 Å². The van der Waals surface area contributed by atoms with E-state index in [0.717, 1.165) is 36.5 Å². The van der Waals surface area contributed by atoms with Crippen LogP contribution in [0.1, 0.15) is 46.3 Å². The maximum atomic E-state index is 13.8. The van der Waals surface area contributed by atoms with Gasteiger partial charge in [-0.05, 0) is 62.1 Å². The van der Waals surface area contributed by atoms with Gasteiger partial charge in [-0.2, -0.15) is 0 Å². The molecule has 1 saturated heterocycles. The fourth-order valence-electron chi connectivity index (χ4n) is 3.37. The van der Waals surface area contributed by atoms with E-state index in [2.05, 4.69) is 9.89 Å². The van der Waals surface area contributed by atoms with E-state index in [1.54, 1.807) is 0 Å². The summed E-state index contributed by atoms with van der Waals surface area (Å²) in [5, 5.41) is 25.1. The Kier molecular flexibility index (Phi) is 5.73. The minimum absolute atomic E-state index is 0.0963. The van der Waals surface area contributed by atoms with Gasteiger partial charge in [0.2, 0.25) is 0 Å². The fraction of sp³-hybridized carbons (Fsp3) is 0.286. The lowest BCUT2D eigenvalue weighted by atomic mass is 10.1. The normalized spacial score (nSPS) is 14.8. The third-order valence-corrected chi connectivity index (χ3v) is 4.86. The topological polar surface area (TPSA) is 99.7 Å². The van der Waals surface area contributed by atoms with E-state index in [-0.39, 0.29) is 17.3 Å². The van der Waals surface area contributed by atoms with Crippen molar-refractivity contribution in [2.75, 3.05) is 18.0 Å². The summed E-state index contributed by atoms with van der Waals surface area (Å²) in [5.74, 6) is -2.69. The van der Waals surface area contributed by atoms with Crippen LogP contribution in [0, 0.1) is 18.2 Å². The van der Waals surface area contributed by atoms with E-state index in [9.17, 15) is 9.18 Å². The molecule has 146 valence electrons. The van der Waals surface area contributed by atoms with E-state index in [1.807, 2.05) is 25.1 Å². The number of benzene rings is 2. The van der Waals surface area contributed by atoms with E-state index in [4.69, 9.17) is 15.6 Å². The van der Waals surface area contributed by atoms with Gasteiger partial charge >= 0.3 is 11.9 Å². The average Bonchev–Trinajstić information content (AvgIpc) is 2.68. The molecule has 0 aromatic heterocycles. The van der Waals surface area contributed by atoms with Crippen molar-refractivity contribution in [3.05, 3.63) is 64.5 Å². The van der Waals surface area contributed by atoms with Crippen LogP contribution in [0.5, 0.6) is 0 Å². The van der Waals surface area contributed by atoms with Gasteiger partial charge in [0.15, 0.2) is 5.84 Å². The van der Waals surface area contributed by atoms with E-state index >= 15 is 0 Å². The molecule has 3 rings (SSSR count). The number of carbonyl (C=O) groups is 1. The summed E-state index contributed by atoms with van der Waals surface area (Å²) in [6, 6.07) is 9.02. The van der Waals surface area contributed by atoms with Gasteiger partial charge < -0.3 is 15.1 Å². The Morgan fingerprint density at radius 3 is 2.43 bits per heavy atom. The second-order valence-corrected chi connectivity index (χ2v) is 6.86. The predicted molar refractivity (Wildman–Crippen MR) is 108 cm³/mol. The van der Waals surface area contributed by atoms with Crippen LogP contribution in [0.3, 0.4) is 0 Å². The number of hydrogen-bond acceptors (Lipinski definition) is 3. The molecule has 2 aromatic carbocycles. The molecular formula is C21H23FN3O3+. The molecule has 0 bridgehead atoms. The number of rotatable bonds is 4. The predicted octanol–water partition coefficient (Wildman–Crippen LogP) is 3.32. The van der Waals surface area contributed by atoms with Gasteiger partial charge in [-0.25, -0.2) is 9.18 Å². The second-order valence-electron chi connectivity index (χ2n) is 6.86. The number of anilines is 1. The first-order valence-electron chi connectivity index (χ1n) is 9.15. The lowest BCUT2D eigenvalue weighted by Crippen LogP contribution is -2.30. The molecule has 1 aliphatic heterocycles. The van der Waals surface area contributed by atoms with Crippen LogP contribution in [-0.4, -0.2) is 41.0 Å². The molecule has 0 amide bonds. The number of nitrogens with zero attached hydrogens (tertiary/aromatic N) is 2. The summed E-state index contributed by atoms with van der Waals surface area (Å²) in [4.78, 5) is 17.2. The Labute approximate surface area is 162 Å². The number of aryl methyl sites for hydroxylation is 1. The number of hydrogen-bond donors (Lipinski definition) is 2. The molecule has 2 aromatic rings. The summed E-state index contributed by atoms with van der Waals surface area (Å²) in [5.41, 5.74) is 2.43. The number of amidine groups is 1. The van der Waals surface area contributed by atoms with Crippen LogP contribution in [0.2, 0.25) is 0 Å². The van der Waals surface area contributed by atoms with Gasteiger partial charge in [0, 0.05) is 24.3 Å². The summed E-state index contributed by atoms with van der Waals surface area (Å²) in [6.45, 7) is 4.06. The van der Waals surface area contributed by atoms with Gasteiger partial charge in [-0.1, -0.05) is 6.07 Å². The van der Waals surface area contributed by atoms with Crippen molar-refractivity contribution in [1.82, 2.24) is 0 Å². The first-order chi connectivity index (χ1) is 13.4. The molecule has 1 heterocycles. The molecule has 1 fully saturated rings. The largest absolute Gasteiger partial charge is 0.578 e. The van der Waals surface area contributed by atoms with Crippen LogP contribution in [0.25, 0.3) is 0 Å². The van der Waals surface area contributed by atoms with Crippen molar-refractivity contribution in [1.29, 1.82) is 5.41 Å². The number of aromatic carboxylic acids is 1. The Balaban J connectivity index is 1.81. The van der Waals surface area contributed by atoms with Crippen LogP contribution < -0.4 is 4.90 Å². The molecule has 0 spiro atoms. The molecule has 4 N–H and O–H groups in total. The van der Waals surface area contributed by atoms with E-state index in [0.29, 0.717) is 5.56 Å². The van der Waals surface area contributed by atoms with Crippen LogP contribution in [-0.2, 0) is 0 Å². The molecule has 28 heavy (non-hydrogen) atoms. The molecule has 1 aliphatic rings. The van der Waals surface area contributed by atoms with Crippen molar-refractivity contribution in [2.45, 2.75) is 26.2 Å². The van der Waals surface area contributed by atoms with Crippen molar-refractivity contribution >= 4 is 23.4 Å². The maximum Gasteiger partial charge on any atom is 0.366 e. The average molecular weight is 384 g/mol. The monoisotopic (exact) mass is 384 g/mol. The van der Waals surface area contributed by atoms with Gasteiger partial charge in [-0.3, -0.25) is 5.41 Å². The number of carboxylic acid groups (broad SMARTS) is 1. The number of halogens is 1. The van der Waals surface area contributed by atoms with Crippen LogP contribution in [0.15, 0.2) is 41.4 Å². The van der Waals surface area contributed by atoms with E-state index in [1.165, 1.54) is 25.3 Å². The zero-order valence-corrected chi connectivity index (χ0v) is 15.6. The highest BCUT2D eigenvalue weighted by molar-refractivity contribution is 6.07. The molecule has 0 aliphatic carbocycles. The summed E-state index contributed by atoms with van der Waals surface area (Å²) in [6.07, 6.45) is 3.62. The van der Waals surface area contributed by atoms with Crippen molar-refractivity contribution in [3.63, 3.8) is 0 Å². The van der Waals surface area contributed by atoms with Gasteiger partial charge in [-0.15, -0.1) is 4.99 Å². The quantitative estimate of drug-likeness (QED) is 0.480. The second kappa shape index (κ2) is 8.21. The zero-order chi connectivity index (χ0) is 20.3. The highest BCUT2D eigenvalue weighted by atomic mass is 19.1. The standard InChI is InChI=1S/C21H22FN3O3/c1-13-11-15(6-8-18(13)25-9-3-2-4-10-25)20(26)24-19(23)14-5-7-16(21(27)28)17(22)12-14/h5-8,11-12H,2-4,9-10H2,1H3,(H,27,28)(H2,23,24,26)/p+1. The molecule has 0 unspecified atom stereocenters. The number of nitrogens with one attached hydrogen (secondary N) is 1. The first-order valence-corrected chi connectivity index (χ1v) is 9.15. The van der Waals surface area contributed by atoms with Gasteiger partial charge in [0.1, 0.15) is 5.82 Å². The number of piperidine rings is 1. The van der Waals surface area contributed by atoms with Crippen LogP contribution >= 0.6 is 0 Å². The molecule has 0 radical (unpaired) electrons. The van der Waals surface area contributed by atoms with E-state index < -0.39 is 17.3 Å². The zero-order valence-electron chi connectivity index (χ0n) is 15.6. The molecule has 7 heteroatoms. The SMILES string of the molecule is Cc1cc(C([OH2+])=NC(=N)c2ccc(C(=O)O)c(F)c2)ccc1N1CCCCC1.